The molecular weight excluding hydrogens is 428 g/mol. The van der Waals surface area contributed by atoms with Crippen LogP contribution in [-0.4, -0.2) is 30.2 Å². The topological polar surface area (TPSA) is 109 Å². The molecule has 0 fully saturated rings. The van der Waals surface area contributed by atoms with E-state index in [1.807, 2.05) is 6.07 Å². The number of para-hydroxylation sites is 1. The van der Waals surface area contributed by atoms with Gasteiger partial charge in [0.15, 0.2) is 17.6 Å². The highest BCUT2D eigenvalue weighted by atomic mass is 79.9. The molecule has 0 aromatic heterocycles. The summed E-state index contributed by atoms with van der Waals surface area (Å²) in [6.07, 6.45) is 0.171. The number of carbonyl (C=O) groups is 2. The van der Waals surface area contributed by atoms with Crippen molar-refractivity contribution in [3.8, 4) is 17.6 Å². The average molecular weight is 445 g/mol. The molecule has 2 aromatic rings. The Labute approximate surface area is 170 Å². The fraction of sp³-hybridized carbons (Fsp3) is 0.150. The maximum absolute atomic E-state index is 12.5. The van der Waals surface area contributed by atoms with Crippen LogP contribution in [0.25, 0.3) is 6.08 Å². The van der Waals surface area contributed by atoms with Gasteiger partial charge in [0.1, 0.15) is 11.6 Å². The normalized spacial score (nSPS) is 11.9. The van der Waals surface area contributed by atoms with Crippen molar-refractivity contribution in [3.63, 3.8) is 0 Å². The van der Waals surface area contributed by atoms with Crippen molar-refractivity contribution in [3.05, 3.63) is 58.1 Å². The van der Waals surface area contributed by atoms with E-state index in [9.17, 15) is 14.9 Å². The average Bonchev–Trinajstić information content (AvgIpc) is 2.66. The first kappa shape index (κ1) is 21.0. The summed E-state index contributed by atoms with van der Waals surface area (Å²) in [6, 6.07) is 13.6. The Balaban J connectivity index is 2.38. The summed E-state index contributed by atoms with van der Waals surface area (Å²) in [6.45, 7) is 1.37. The molecule has 0 unspecified atom stereocenters. The summed E-state index contributed by atoms with van der Waals surface area (Å²) in [5, 5.41) is 21.2. The molecule has 7 nitrogen and oxygen atoms in total. The number of rotatable bonds is 7. The molecule has 0 saturated heterocycles. The predicted octanol–water partition coefficient (Wildman–Crippen LogP) is 3.86. The summed E-state index contributed by atoms with van der Waals surface area (Å²) < 4.78 is 11.5. The molecule has 2 N–H and O–H groups in total. The minimum Gasteiger partial charge on any atom is -0.493 e. The Morgan fingerprint density at radius 3 is 2.61 bits per heavy atom. The van der Waals surface area contributed by atoms with Crippen LogP contribution in [-0.2, 0) is 9.59 Å². The molecule has 0 spiro atoms. The molecule has 2 rings (SSSR count). The molecule has 0 aliphatic rings. The van der Waals surface area contributed by atoms with Crippen LogP contribution in [0.2, 0.25) is 0 Å². The number of nitrogens with zero attached hydrogens (tertiary/aromatic N) is 1. The zero-order chi connectivity index (χ0) is 20.7. The quantitative estimate of drug-likeness (QED) is 0.495. The highest BCUT2D eigenvalue weighted by Crippen LogP contribution is 2.33. The first-order valence-electron chi connectivity index (χ1n) is 8.11. The summed E-state index contributed by atoms with van der Waals surface area (Å²) in [5.41, 5.74) is 0.677. The van der Waals surface area contributed by atoms with Gasteiger partial charge in [-0.15, -0.1) is 0 Å². The lowest BCUT2D eigenvalue weighted by atomic mass is 10.1. The van der Waals surface area contributed by atoms with Crippen LogP contribution in [0.3, 0.4) is 0 Å². The zero-order valence-electron chi connectivity index (χ0n) is 15.1. The number of nitriles is 1. The number of carboxylic acid groups (broad SMARTS) is 1. The number of hydrogen-bond donors (Lipinski definition) is 2. The minimum absolute atomic E-state index is 0.128. The molecule has 1 amide bonds. The molecule has 0 saturated carbocycles. The fourth-order valence-electron chi connectivity index (χ4n) is 2.23. The number of aliphatic carboxylic acids is 1. The lowest BCUT2D eigenvalue weighted by Gasteiger charge is -2.16. The van der Waals surface area contributed by atoms with Gasteiger partial charge in [0, 0.05) is 15.7 Å². The van der Waals surface area contributed by atoms with Gasteiger partial charge in [-0.25, -0.2) is 4.79 Å². The molecule has 0 heterocycles. The second-order valence-corrected chi connectivity index (χ2v) is 6.53. The van der Waals surface area contributed by atoms with Gasteiger partial charge in [-0.3, -0.25) is 4.79 Å². The first-order chi connectivity index (χ1) is 13.3. The van der Waals surface area contributed by atoms with E-state index in [-0.39, 0.29) is 17.1 Å². The minimum atomic E-state index is -1.16. The molecule has 0 aliphatic heterocycles. The number of amides is 1. The van der Waals surface area contributed by atoms with Crippen LogP contribution < -0.4 is 14.8 Å². The SMILES string of the molecule is COc1cccc(/C=C(/C#N)C(=O)Nc2cccc(Br)c2)c1O[C@@H](C)C(=O)O. The van der Waals surface area contributed by atoms with E-state index in [0.717, 1.165) is 4.47 Å². The monoisotopic (exact) mass is 444 g/mol. The van der Waals surface area contributed by atoms with E-state index >= 15 is 0 Å². The number of halogens is 1. The zero-order valence-corrected chi connectivity index (χ0v) is 16.7. The Kier molecular flexibility index (Phi) is 7.18. The van der Waals surface area contributed by atoms with Crippen molar-refractivity contribution in [2.24, 2.45) is 0 Å². The van der Waals surface area contributed by atoms with Crippen LogP contribution >= 0.6 is 15.9 Å². The number of ether oxygens (including phenoxy) is 2. The molecule has 8 heteroatoms. The Bertz CT molecular complexity index is 965. The number of carbonyl (C=O) groups excluding carboxylic acids is 1. The third-order valence-electron chi connectivity index (χ3n) is 3.62. The van der Waals surface area contributed by atoms with Crippen molar-refractivity contribution in [2.45, 2.75) is 13.0 Å². The Morgan fingerprint density at radius 2 is 2.00 bits per heavy atom. The standard InChI is InChI=1S/C20H17BrN2O5/c1-12(20(25)26)28-18-13(5-3-8-17(18)27-2)9-14(11-22)19(24)23-16-7-4-6-15(21)10-16/h3-10,12H,1-2H3,(H,23,24)(H,25,26)/b14-9-/t12-/m0/s1. The van der Waals surface area contributed by atoms with E-state index in [4.69, 9.17) is 14.6 Å². The van der Waals surface area contributed by atoms with Gasteiger partial charge in [0.25, 0.3) is 5.91 Å². The largest absolute Gasteiger partial charge is 0.493 e. The highest BCUT2D eigenvalue weighted by Gasteiger charge is 2.19. The van der Waals surface area contributed by atoms with E-state index in [1.54, 1.807) is 42.5 Å². The number of benzene rings is 2. The Hall–Kier alpha value is -3.31. The number of anilines is 1. The second-order valence-electron chi connectivity index (χ2n) is 5.61. The van der Waals surface area contributed by atoms with Gasteiger partial charge in [-0.1, -0.05) is 34.1 Å². The molecule has 0 bridgehead atoms. The van der Waals surface area contributed by atoms with Gasteiger partial charge in [0.05, 0.1) is 7.11 Å². The van der Waals surface area contributed by atoms with Crippen LogP contribution in [0.4, 0.5) is 5.69 Å². The molecule has 2 aromatic carbocycles. The molecular formula is C20H17BrN2O5. The lowest BCUT2D eigenvalue weighted by molar-refractivity contribution is -0.144. The number of carboxylic acids is 1. The molecule has 28 heavy (non-hydrogen) atoms. The van der Waals surface area contributed by atoms with E-state index in [1.165, 1.54) is 20.1 Å². The van der Waals surface area contributed by atoms with E-state index in [0.29, 0.717) is 11.3 Å². The molecule has 144 valence electrons. The number of hydrogen-bond acceptors (Lipinski definition) is 5. The number of methoxy groups -OCH3 is 1. The first-order valence-corrected chi connectivity index (χ1v) is 8.90. The second kappa shape index (κ2) is 9.58. The Morgan fingerprint density at radius 1 is 1.29 bits per heavy atom. The maximum atomic E-state index is 12.5. The van der Waals surface area contributed by atoms with Crippen LogP contribution in [0.5, 0.6) is 11.5 Å². The summed E-state index contributed by atoms with van der Waals surface area (Å²) >= 11 is 3.31. The van der Waals surface area contributed by atoms with E-state index < -0.39 is 18.0 Å². The molecule has 0 aliphatic carbocycles. The van der Waals surface area contributed by atoms with Gasteiger partial charge in [0.2, 0.25) is 0 Å². The molecule has 1 atom stereocenters. The van der Waals surface area contributed by atoms with Crippen molar-refractivity contribution in [2.75, 3.05) is 12.4 Å². The third kappa shape index (κ3) is 5.34. The van der Waals surface area contributed by atoms with Crippen LogP contribution in [0, 0.1) is 11.3 Å². The number of nitrogens with one attached hydrogen (secondary N) is 1. The van der Waals surface area contributed by atoms with Gasteiger partial charge in [-0.2, -0.15) is 5.26 Å². The molecule has 0 radical (unpaired) electrons. The third-order valence-corrected chi connectivity index (χ3v) is 4.11. The smallest absolute Gasteiger partial charge is 0.344 e. The summed E-state index contributed by atoms with van der Waals surface area (Å²) in [7, 11) is 1.41. The van der Waals surface area contributed by atoms with Crippen LogP contribution in [0.15, 0.2) is 52.5 Å². The van der Waals surface area contributed by atoms with Crippen LogP contribution in [0.1, 0.15) is 12.5 Å². The van der Waals surface area contributed by atoms with Gasteiger partial charge >= 0.3 is 5.97 Å². The van der Waals surface area contributed by atoms with Crippen molar-refractivity contribution < 1.29 is 24.2 Å². The van der Waals surface area contributed by atoms with Crippen molar-refractivity contribution >= 4 is 39.6 Å². The predicted molar refractivity (Wildman–Crippen MR) is 107 cm³/mol. The lowest BCUT2D eigenvalue weighted by Crippen LogP contribution is -2.23. The summed E-state index contributed by atoms with van der Waals surface area (Å²) in [5.74, 6) is -1.36. The van der Waals surface area contributed by atoms with E-state index in [2.05, 4.69) is 21.2 Å². The van der Waals surface area contributed by atoms with Crippen molar-refractivity contribution in [1.82, 2.24) is 0 Å². The fourth-order valence-corrected chi connectivity index (χ4v) is 2.63. The van der Waals surface area contributed by atoms with Gasteiger partial charge < -0.3 is 19.9 Å². The van der Waals surface area contributed by atoms with Crippen molar-refractivity contribution in [1.29, 1.82) is 5.26 Å². The highest BCUT2D eigenvalue weighted by molar-refractivity contribution is 9.10. The maximum Gasteiger partial charge on any atom is 0.344 e. The summed E-state index contributed by atoms with van der Waals surface area (Å²) in [4.78, 5) is 23.6. The van der Waals surface area contributed by atoms with Gasteiger partial charge in [-0.05, 0) is 37.3 Å².